The van der Waals surface area contributed by atoms with E-state index in [1.807, 2.05) is 6.07 Å². The van der Waals surface area contributed by atoms with Crippen LogP contribution >= 0.6 is 11.6 Å². The SMILES string of the molecule is C=C(Cl)CNC1CCc2cc(N)ccc21. The number of fused-ring (bicyclic) bond motifs is 1. The first-order valence-corrected chi connectivity index (χ1v) is 5.49. The highest BCUT2D eigenvalue weighted by molar-refractivity contribution is 6.29. The number of aryl methyl sites for hydroxylation is 1. The van der Waals surface area contributed by atoms with Gasteiger partial charge in [0.25, 0.3) is 0 Å². The van der Waals surface area contributed by atoms with Gasteiger partial charge < -0.3 is 11.1 Å². The molecule has 0 amide bonds. The summed E-state index contributed by atoms with van der Waals surface area (Å²) in [7, 11) is 0. The fourth-order valence-electron chi connectivity index (χ4n) is 2.08. The molecule has 0 saturated heterocycles. The van der Waals surface area contributed by atoms with Crippen molar-refractivity contribution >= 4 is 17.3 Å². The van der Waals surface area contributed by atoms with Crippen molar-refractivity contribution in [2.45, 2.75) is 18.9 Å². The smallest absolute Gasteiger partial charge is 0.0329 e. The maximum absolute atomic E-state index is 5.74. The lowest BCUT2D eigenvalue weighted by atomic mass is 10.1. The average Bonchev–Trinajstić information content (AvgIpc) is 2.57. The van der Waals surface area contributed by atoms with E-state index in [1.165, 1.54) is 11.1 Å². The number of hydrogen-bond acceptors (Lipinski definition) is 2. The number of nitrogen functional groups attached to an aromatic ring is 1. The Morgan fingerprint density at radius 2 is 2.40 bits per heavy atom. The molecular formula is C12H15ClN2. The zero-order valence-corrected chi connectivity index (χ0v) is 9.35. The van der Waals surface area contributed by atoms with E-state index in [1.54, 1.807) is 0 Å². The molecule has 0 aliphatic heterocycles. The van der Waals surface area contributed by atoms with E-state index in [4.69, 9.17) is 17.3 Å². The Balaban J connectivity index is 2.11. The van der Waals surface area contributed by atoms with Crippen molar-refractivity contribution in [3.05, 3.63) is 40.9 Å². The fraction of sp³-hybridized carbons (Fsp3) is 0.333. The normalized spacial score (nSPS) is 18.9. The van der Waals surface area contributed by atoms with Crippen molar-refractivity contribution in [1.82, 2.24) is 5.32 Å². The Morgan fingerprint density at radius 3 is 3.13 bits per heavy atom. The summed E-state index contributed by atoms with van der Waals surface area (Å²) < 4.78 is 0. The number of benzene rings is 1. The molecule has 80 valence electrons. The molecule has 0 aromatic heterocycles. The van der Waals surface area contributed by atoms with Gasteiger partial charge in [-0.15, -0.1) is 0 Å². The summed E-state index contributed by atoms with van der Waals surface area (Å²) in [6, 6.07) is 6.52. The van der Waals surface area contributed by atoms with Crippen LogP contribution in [-0.2, 0) is 6.42 Å². The summed E-state index contributed by atoms with van der Waals surface area (Å²) in [4.78, 5) is 0. The van der Waals surface area contributed by atoms with Crippen LogP contribution < -0.4 is 11.1 Å². The van der Waals surface area contributed by atoms with Crippen LogP contribution in [0.2, 0.25) is 0 Å². The third kappa shape index (κ3) is 2.33. The topological polar surface area (TPSA) is 38.0 Å². The van der Waals surface area contributed by atoms with Gasteiger partial charge in [-0.25, -0.2) is 0 Å². The second kappa shape index (κ2) is 4.25. The highest BCUT2D eigenvalue weighted by Gasteiger charge is 2.21. The van der Waals surface area contributed by atoms with Crippen LogP contribution in [0.15, 0.2) is 29.8 Å². The molecule has 1 aromatic rings. The quantitative estimate of drug-likeness (QED) is 0.772. The van der Waals surface area contributed by atoms with Gasteiger partial charge in [0.05, 0.1) is 0 Å². The first-order valence-electron chi connectivity index (χ1n) is 5.12. The van der Waals surface area contributed by atoms with E-state index in [-0.39, 0.29) is 0 Å². The van der Waals surface area contributed by atoms with Crippen LogP contribution in [0.1, 0.15) is 23.6 Å². The van der Waals surface area contributed by atoms with E-state index >= 15 is 0 Å². The van der Waals surface area contributed by atoms with Crippen molar-refractivity contribution in [2.24, 2.45) is 0 Å². The number of hydrogen-bond donors (Lipinski definition) is 2. The van der Waals surface area contributed by atoms with Gasteiger partial charge in [0, 0.05) is 23.3 Å². The molecule has 0 spiro atoms. The van der Waals surface area contributed by atoms with Crippen LogP contribution in [0.25, 0.3) is 0 Å². The summed E-state index contributed by atoms with van der Waals surface area (Å²) in [6.07, 6.45) is 2.20. The first-order chi connectivity index (χ1) is 7.16. The fourth-order valence-corrected chi connectivity index (χ4v) is 2.16. The second-order valence-electron chi connectivity index (χ2n) is 3.95. The van der Waals surface area contributed by atoms with E-state index in [2.05, 4.69) is 24.0 Å². The molecule has 1 aromatic carbocycles. The molecule has 2 nitrogen and oxygen atoms in total. The van der Waals surface area contributed by atoms with Gasteiger partial charge in [-0.1, -0.05) is 24.2 Å². The minimum Gasteiger partial charge on any atom is -0.399 e. The summed E-state index contributed by atoms with van der Waals surface area (Å²) in [5.74, 6) is 0. The Bertz CT molecular complexity index is 387. The molecule has 1 unspecified atom stereocenters. The molecule has 1 atom stereocenters. The lowest BCUT2D eigenvalue weighted by Crippen LogP contribution is -2.20. The number of halogens is 1. The molecule has 0 radical (unpaired) electrons. The summed E-state index contributed by atoms with van der Waals surface area (Å²) >= 11 is 5.73. The first kappa shape index (κ1) is 10.5. The van der Waals surface area contributed by atoms with E-state index in [0.29, 0.717) is 17.6 Å². The van der Waals surface area contributed by atoms with Gasteiger partial charge in [-0.05, 0) is 36.1 Å². The van der Waals surface area contributed by atoms with Crippen molar-refractivity contribution in [3.8, 4) is 0 Å². The monoisotopic (exact) mass is 222 g/mol. The summed E-state index contributed by atoms with van der Waals surface area (Å²) in [6.45, 7) is 4.33. The van der Waals surface area contributed by atoms with Gasteiger partial charge in [0.2, 0.25) is 0 Å². The van der Waals surface area contributed by atoms with Gasteiger partial charge >= 0.3 is 0 Å². The second-order valence-corrected chi connectivity index (χ2v) is 4.48. The third-order valence-corrected chi connectivity index (χ3v) is 2.92. The molecule has 0 bridgehead atoms. The molecule has 0 heterocycles. The Hall–Kier alpha value is -0.990. The maximum atomic E-state index is 5.74. The third-order valence-electron chi connectivity index (χ3n) is 2.79. The highest BCUT2D eigenvalue weighted by Crippen LogP contribution is 2.32. The van der Waals surface area contributed by atoms with Crippen molar-refractivity contribution in [2.75, 3.05) is 12.3 Å². The van der Waals surface area contributed by atoms with Crippen molar-refractivity contribution in [1.29, 1.82) is 0 Å². The molecular weight excluding hydrogens is 208 g/mol. The molecule has 3 N–H and O–H groups in total. The predicted molar refractivity (Wildman–Crippen MR) is 64.9 cm³/mol. The van der Waals surface area contributed by atoms with Gasteiger partial charge in [-0.3, -0.25) is 0 Å². The molecule has 2 rings (SSSR count). The largest absolute Gasteiger partial charge is 0.399 e. The highest BCUT2D eigenvalue weighted by atomic mass is 35.5. The lowest BCUT2D eigenvalue weighted by molar-refractivity contribution is 0.562. The zero-order valence-electron chi connectivity index (χ0n) is 8.59. The number of nitrogens with one attached hydrogen (secondary N) is 1. The number of anilines is 1. The predicted octanol–water partition coefficient (Wildman–Crippen LogP) is 2.60. The Morgan fingerprint density at radius 1 is 1.60 bits per heavy atom. The van der Waals surface area contributed by atoms with Crippen molar-refractivity contribution < 1.29 is 0 Å². The van der Waals surface area contributed by atoms with Crippen molar-refractivity contribution in [3.63, 3.8) is 0 Å². The summed E-state index contributed by atoms with van der Waals surface area (Å²) in [5, 5.41) is 4.04. The van der Waals surface area contributed by atoms with E-state index in [0.717, 1.165) is 18.5 Å². The molecule has 1 aliphatic carbocycles. The minimum absolute atomic E-state index is 0.399. The lowest BCUT2D eigenvalue weighted by Gasteiger charge is -2.13. The summed E-state index contributed by atoms with van der Waals surface area (Å²) in [5.41, 5.74) is 9.29. The molecule has 3 heteroatoms. The maximum Gasteiger partial charge on any atom is 0.0329 e. The van der Waals surface area contributed by atoms with Crippen LogP contribution in [-0.4, -0.2) is 6.54 Å². The standard InChI is InChI=1S/C12H15ClN2/c1-8(13)7-15-12-5-2-9-6-10(14)3-4-11(9)12/h3-4,6,12,15H,1-2,5,7,14H2. The van der Waals surface area contributed by atoms with Crippen LogP contribution in [0.4, 0.5) is 5.69 Å². The molecule has 1 aliphatic rings. The van der Waals surface area contributed by atoms with Gasteiger partial charge in [0.15, 0.2) is 0 Å². The minimum atomic E-state index is 0.399. The number of nitrogens with two attached hydrogens (primary N) is 1. The zero-order chi connectivity index (χ0) is 10.8. The van der Waals surface area contributed by atoms with Crippen LogP contribution in [0.5, 0.6) is 0 Å². The molecule has 0 fully saturated rings. The van der Waals surface area contributed by atoms with Gasteiger partial charge in [-0.2, -0.15) is 0 Å². The number of rotatable bonds is 3. The van der Waals surface area contributed by atoms with Crippen LogP contribution in [0.3, 0.4) is 0 Å². The average molecular weight is 223 g/mol. The van der Waals surface area contributed by atoms with E-state index in [9.17, 15) is 0 Å². The van der Waals surface area contributed by atoms with E-state index < -0.39 is 0 Å². The van der Waals surface area contributed by atoms with Gasteiger partial charge in [0.1, 0.15) is 0 Å². The molecule has 15 heavy (non-hydrogen) atoms. The van der Waals surface area contributed by atoms with Crippen LogP contribution in [0, 0.1) is 0 Å². The molecule has 0 saturated carbocycles. The Kier molecular flexibility index (Phi) is 2.98. The Labute approximate surface area is 95.1 Å².